The van der Waals surface area contributed by atoms with E-state index < -0.39 is 17.3 Å². The van der Waals surface area contributed by atoms with Crippen molar-refractivity contribution in [2.24, 2.45) is 7.05 Å². The van der Waals surface area contributed by atoms with E-state index in [0.717, 1.165) is 10.1 Å². The third kappa shape index (κ3) is 5.39. The molecule has 10 nitrogen and oxygen atoms in total. The summed E-state index contributed by atoms with van der Waals surface area (Å²) in [5, 5.41) is 12.7. The highest BCUT2D eigenvalue weighted by Gasteiger charge is 2.13. The zero-order chi connectivity index (χ0) is 25.1. The van der Waals surface area contributed by atoms with Crippen LogP contribution < -0.4 is 21.4 Å². The van der Waals surface area contributed by atoms with Gasteiger partial charge < -0.3 is 15.2 Å². The maximum absolute atomic E-state index is 12.8. The molecule has 0 aliphatic carbocycles. The lowest BCUT2D eigenvalue weighted by Crippen LogP contribution is -2.41. The Kier molecular flexibility index (Phi) is 6.65. The molecule has 0 aliphatic rings. The summed E-state index contributed by atoms with van der Waals surface area (Å²) in [6.07, 6.45) is 0. The van der Waals surface area contributed by atoms with Gasteiger partial charge in [-0.1, -0.05) is 29.8 Å². The average Bonchev–Trinajstić information content (AvgIpc) is 2.83. The van der Waals surface area contributed by atoms with Crippen molar-refractivity contribution in [1.82, 2.24) is 19.1 Å². The largest absolute Gasteiger partial charge is 0.477 e. The molecular formula is C24H20ClN5O5. The van der Waals surface area contributed by atoms with Crippen LogP contribution in [0.25, 0.3) is 0 Å². The van der Waals surface area contributed by atoms with Gasteiger partial charge in [-0.15, -0.1) is 0 Å². The Morgan fingerprint density at radius 2 is 1.83 bits per heavy atom. The van der Waals surface area contributed by atoms with Gasteiger partial charge in [-0.25, -0.2) is 23.9 Å². The van der Waals surface area contributed by atoms with Gasteiger partial charge in [-0.05, 0) is 54.4 Å². The van der Waals surface area contributed by atoms with Crippen molar-refractivity contribution in [3.8, 4) is 11.6 Å². The van der Waals surface area contributed by atoms with Crippen LogP contribution in [0.15, 0.2) is 70.3 Å². The number of aromatic nitrogens is 4. The minimum Gasteiger partial charge on any atom is -0.477 e. The Labute approximate surface area is 204 Å². The van der Waals surface area contributed by atoms with Gasteiger partial charge in [0.05, 0.1) is 6.54 Å². The summed E-state index contributed by atoms with van der Waals surface area (Å²) in [5.74, 6) is -0.477. The number of carboxylic acids is 1. The van der Waals surface area contributed by atoms with Gasteiger partial charge in [0.1, 0.15) is 5.75 Å². The van der Waals surface area contributed by atoms with Crippen molar-refractivity contribution in [1.29, 1.82) is 0 Å². The van der Waals surface area contributed by atoms with Crippen molar-refractivity contribution in [2.45, 2.75) is 13.5 Å². The zero-order valence-corrected chi connectivity index (χ0v) is 19.5. The lowest BCUT2D eigenvalue weighted by atomic mass is 10.2. The molecule has 35 heavy (non-hydrogen) atoms. The predicted molar refractivity (Wildman–Crippen MR) is 130 cm³/mol. The molecule has 178 valence electrons. The molecule has 4 aromatic rings. The average molecular weight is 494 g/mol. The fourth-order valence-electron chi connectivity index (χ4n) is 3.26. The van der Waals surface area contributed by atoms with Crippen LogP contribution in [-0.2, 0) is 13.6 Å². The summed E-state index contributed by atoms with van der Waals surface area (Å²) in [5.41, 5.74) is 0.722. The number of pyridine rings is 1. The number of carbonyl (C=O) groups is 1. The number of halogens is 1. The van der Waals surface area contributed by atoms with Crippen molar-refractivity contribution >= 4 is 29.2 Å². The number of aryl methyl sites for hydroxylation is 1. The Bertz CT molecular complexity index is 1530. The highest BCUT2D eigenvalue weighted by Crippen LogP contribution is 2.27. The molecule has 0 bridgehead atoms. The molecular weight excluding hydrogens is 474 g/mol. The van der Waals surface area contributed by atoms with Crippen LogP contribution in [0.2, 0.25) is 5.02 Å². The molecule has 11 heteroatoms. The molecule has 0 saturated carbocycles. The van der Waals surface area contributed by atoms with Gasteiger partial charge in [-0.3, -0.25) is 4.57 Å². The van der Waals surface area contributed by atoms with Crippen molar-refractivity contribution in [2.75, 3.05) is 5.32 Å². The molecule has 0 aliphatic heterocycles. The number of hydrogen-bond acceptors (Lipinski definition) is 7. The number of benzene rings is 2. The standard InChI is InChI=1S/C24H20ClN5O5/c1-14-12-17(10-11-19(14)35-20-5-3-4-18(27-20)21(31)32)26-22-28-23(33)29(2)24(34)30(22)13-15-6-8-16(25)9-7-15/h3-12H,13H2,1-2H3,(H,31,32)(H,26,28,33). The van der Waals surface area contributed by atoms with Gasteiger partial charge in [0, 0.05) is 23.8 Å². The SMILES string of the molecule is Cc1cc(Nc2nc(=O)n(C)c(=O)n2Cc2ccc(Cl)cc2)ccc1Oc1cccc(C(=O)O)n1. The van der Waals surface area contributed by atoms with Crippen LogP contribution in [-0.4, -0.2) is 30.2 Å². The predicted octanol–water partition coefficient (Wildman–Crippen LogP) is 3.58. The number of anilines is 2. The van der Waals surface area contributed by atoms with Crippen LogP contribution in [0.1, 0.15) is 21.6 Å². The molecule has 0 fully saturated rings. The molecule has 0 saturated heterocycles. The molecule has 2 heterocycles. The number of hydrogen-bond donors (Lipinski definition) is 2. The summed E-state index contributed by atoms with van der Waals surface area (Å²) in [4.78, 5) is 44.1. The van der Waals surface area contributed by atoms with Gasteiger partial charge in [0.15, 0.2) is 5.69 Å². The van der Waals surface area contributed by atoms with Crippen LogP contribution in [0.3, 0.4) is 0 Å². The number of nitrogens with one attached hydrogen (secondary N) is 1. The fourth-order valence-corrected chi connectivity index (χ4v) is 3.39. The highest BCUT2D eigenvalue weighted by molar-refractivity contribution is 6.30. The Morgan fingerprint density at radius 3 is 2.51 bits per heavy atom. The van der Waals surface area contributed by atoms with E-state index >= 15 is 0 Å². The molecule has 2 aromatic heterocycles. The van der Waals surface area contributed by atoms with E-state index in [1.54, 1.807) is 61.5 Å². The van der Waals surface area contributed by atoms with E-state index in [-0.39, 0.29) is 24.1 Å². The molecule has 0 radical (unpaired) electrons. The van der Waals surface area contributed by atoms with Crippen LogP contribution >= 0.6 is 11.6 Å². The van der Waals surface area contributed by atoms with Gasteiger partial charge >= 0.3 is 17.3 Å². The lowest BCUT2D eigenvalue weighted by Gasteiger charge is -2.15. The molecule has 0 spiro atoms. The van der Waals surface area contributed by atoms with E-state index in [9.17, 15) is 14.4 Å². The lowest BCUT2D eigenvalue weighted by molar-refractivity contribution is 0.0689. The number of rotatable bonds is 7. The van der Waals surface area contributed by atoms with Gasteiger partial charge in [-0.2, -0.15) is 4.98 Å². The molecule has 0 amide bonds. The Balaban J connectivity index is 1.62. The fraction of sp³-hybridized carbons (Fsp3) is 0.125. The normalized spacial score (nSPS) is 10.7. The number of aromatic carboxylic acids is 1. The van der Waals surface area contributed by atoms with Gasteiger partial charge in [0.2, 0.25) is 11.8 Å². The molecule has 0 atom stereocenters. The second-order valence-electron chi connectivity index (χ2n) is 7.65. The second-order valence-corrected chi connectivity index (χ2v) is 8.08. The van der Waals surface area contributed by atoms with Gasteiger partial charge in [0.25, 0.3) is 0 Å². The topological polar surface area (TPSA) is 128 Å². The third-order valence-corrected chi connectivity index (χ3v) is 5.36. The smallest absolute Gasteiger partial charge is 0.354 e. The quantitative estimate of drug-likeness (QED) is 0.399. The highest BCUT2D eigenvalue weighted by atomic mass is 35.5. The summed E-state index contributed by atoms with van der Waals surface area (Å²) in [7, 11) is 1.36. The first-order chi connectivity index (χ1) is 16.7. The van der Waals surface area contributed by atoms with Crippen molar-refractivity contribution < 1.29 is 14.6 Å². The summed E-state index contributed by atoms with van der Waals surface area (Å²) >= 11 is 5.95. The first-order valence-corrected chi connectivity index (χ1v) is 10.8. The first-order valence-electron chi connectivity index (χ1n) is 10.4. The molecule has 0 unspecified atom stereocenters. The minimum absolute atomic E-state index is 0.0805. The van der Waals surface area contributed by atoms with Crippen LogP contribution in [0, 0.1) is 6.92 Å². The van der Waals surface area contributed by atoms with Crippen LogP contribution in [0.5, 0.6) is 11.6 Å². The summed E-state index contributed by atoms with van der Waals surface area (Å²) in [6, 6.07) is 16.6. The minimum atomic E-state index is -1.15. The second kappa shape index (κ2) is 9.82. The van der Waals surface area contributed by atoms with E-state index in [2.05, 4.69) is 15.3 Å². The maximum atomic E-state index is 12.8. The number of nitrogens with zero attached hydrogens (tertiary/aromatic N) is 4. The number of ether oxygens (including phenoxy) is 1. The van der Waals surface area contributed by atoms with E-state index in [0.29, 0.717) is 22.0 Å². The third-order valence-electron chi connectivity index (χ3n) is 5.10. The van der Waals surface area contributed by atoms with Crippen molar-refractivity contribution in [3.63, 3.8) is 0 Å². The Hall–Kier alpha value is -4.44. The summed E-state index contributed by atoms with van der Waals surface area (Å²) < 4.78 is 8.02. The molecule has 2 aromatic carbocycles. The zero-order valence-electron chi connectivity index (χ0n) is 18.7. The first kappa shape index (κ1) is 23.7. The molecule has 2 N–H and O–H groups in total. The van der Waals surface area contributed by atoms with E-state index in [4.69, 9.17) is 21.4 Å². The number of carboxylic acid groups (broad SMARTS) is 1. The van der Waals surface area contributed by atoms with Crippen LogP contribution in [0.4, 0.5) is 11.6 Å². The van der Waals surface area contributed by atoms with Crippen molar-refractivity contribution in [3.05, 3.63) is 103 Å². The Morgan fingerprint density at radius 1 is 1.09 bits per heavy atom. The molecule has 4 rings (SSSR count). The maximum Gasteiger partial charge on any atom is 0.354 e. The van der Waals surface area contributed by atoms with E-state index in [1.807, 2.05) is 0 Å². The monoisotopic (exact) mass is 493 g/mol. The summed E-state index contributed by atoms with van der Waals surface area (Å²) in [6.45, 7) is 1.96. The van der Waals surface area contributed by atoms with E-state index in [1.165, 1.54) is 17.7 Å².